The van der Waals surface area contributed by atoms with Crippen LogP contribution in [0.25, 0.3) is 0 Å². The van der Waals surface area contributed by atoms with E-state index in [1.54, 1.807) is 18.3 Å². The van der Waals surface area contributed by atoms with Crippen LogP contribution in [0.3, 0.4) is 0 Å². The van der Waals surface area contributed by atoms with Crippen LogP contribution in [0.5, 0.6) is 0 Å². The van der Waals surface area contributed by atoms with Crippen LogP contribution in [0.1, 0.15) is 37.9 Å². The zero-order valence-electron chi connectivity index (χ0n) is 13.1. The van der Waals surface area contributed by atoms with E-state index >= 15 is 0 Å². The minimum Gasteiger partial charge on any atom is -0.355 e. The highest BCUT2D eigenvalue weighted by molar-refractivity contribution is 5.81. The molecule has 0 bridgehead atoms. The standard InChI is InChI=1S/C18H21FN2O/c1-18(2,3)17(22)21-12-15(16-6-4-5-11-20-16)13-7-9-14(19)10-8-13/h4-11,15H,12H2,1-3H3,(H,21,22). The van der Waals surface area contributed by atoms with Crippen LogP contribution in [0.4, 0.5) is 4.39 Å². The second-order valence-electron chi connectivity index (χ2n) is 6.32. The molecule has 1 aromatic heterocycles. The van der Waals surface area contributed by atoms with Crippen molar-refractivity contribution in [2.45, 2.75) is 26.7 Å². The first-order valence-corrected chi connectivity index (χ1v) is 7.32. The number of amides is 1. The number of nitrogens with zero attached hydrogens (tertiary/aromatic N) is 1. The van der Waals surface area contributed by atoms with Gasteiger partial charge in [0.2, 0.25) is 5.91 Å². The quantitative estimate of drug-likeness (QED) is 0.938. The summed E-state index contributed by atoms with van der Waals surface area (Å²) in [4.78, 5) is 16.5. The third-order valence-corrected chi connectivity index (χ3v) is 3.47. The van der Waals surface area contributed by atoms with Gasteiger partial charge in [0.1, 0.15) is 5.82 Å². The highest BCUT2D eigenvalue weighted by atomic mass is 19.1. The molecule has 1 unspecified atom stereocenters. The predicted molar refractivity (Wildman–Crippen MR) is 84.9 cm³/mol. The average molecular weight is 300 g/mol. The third kappa shape index (κ3) is 4.13. The summed E-state index contributed by atoms with van der Waals surface area (Å²) in [5.74, 6) is -0.397. The molecular weight excluding hydrogens is 279 g/mol. The molecule has 4 heteroatoms. The Morgan fingerprint density at radius 2 is 1.86 bits per heavy atom. The second-order valence-corrected chi connectivity index (χ2v) is 6.32. The summed E-state index contributed by atoms with van der Waals surface area (Å²) in [7, 11) is 0. The van der Waals surface area contributed by atoms with Gasteiger partial charge in [-0.15, -0.1) is 0 Å². The van der Waals surface area contributed by atoms with Crippen LogP contribution in [-0.4, -0.2) is 17.4 Å². The van der Waals surface area contributed by atoms with Crippen LogP contribution in [-0.2, 0) is 4.79 Å². The topological polar surface area (TPSA) is 42.0 Å². The lowest BCUT2D eigenvalue weighted by atomic mass is 9.92. The maximum absolute atomic E-state index is 13.1. The summed E-state index contributed by atoms with van der Waals surface area (Å²) >= 11 is 0. The molecule has 3 nitrogen and oxygen atoms in total. The molecule has 0 aliphatic rings. The molecule has 0 aliphatic heterocycles. The van der Waals surface area contributed by atoms with E-state index in [9.17, 15) is 9.18 Å². The van der Waals surface area contributed by atoms with E-state index in [0.717, 1.165) is 11.3 Å². The normalized spacial score (nSPS) is 12.7. The fraction of sp³-hybridized carbons (Fsp3) is 0.333. The van der Waals surface area contributed by atoms with Crippen molar-refractivity contribution in [3.8, 4) is 0 Å². The predicted octanol–water partition coefficient (Wildman–Crippen LogP) is 3.51. The van der Waals surface area contributed by atoms with Gasteiger partial charge in [0, 0.05) is 29.8 Å². The van der Waals surface area contributed by atoms with Gasteiger partial charge in [0.25, 0.3) is 0 Å². The zero-order chi connectivity index (χ0) is 16.2. The lowest BCUT2D eigenvalue weighted by Gasteiger charge is -2.22. The van der Waals surface area contributed by atoms with Crippen LogP contribution in [0.15, 0.2) is 48.7 Å². The number of benzene rings is 1. The molecule has 1 heterocycles. The smallest absolute Gasteiger partial charge is 0.225 e. The molecule has 1 N–H and O–H groups in total. The first kappa shape index (κ1) is 16.1. The number of carbonyl (C=O) groups excluding carboxylic acids is 1. The van der Waals surface area contributed by atoms with Crippen molar-refractivity contribution in [3.63, 3.8) is 0 Å². The molecule has 0 saturated heterocycles. The molecule has 116 valence electrons. The minimum atomic E-state index is -0.447. The van der Waals surface area contributed by atoms with Gasteiger partial charge < -0.3 is 5.32 Å². The summed E-state index contributed by atoms with van der Waals surface area (Å²) in [5.41, 5.74) is 1.33. The van der Waals surface area contributed by atoms with Gasteiger partial charge in [-0.1, -0.05) is 39.0 Å². The number of nitrogens with one attached hydrogen (secondary N) is 1. The van der Waals surface area contributed by atoms with E-state index in [2.05, 4.69) is 10.3 Å². The van der Waals surface area contributed by atoms with Gasteiger partial charge in [-0.25, -0.2) is 4.39 Å². The fourth-order valence-corrected chi connectivity index (χ4v) is 2.13. The Hall–Kier alpha value is -2.23. The van der Waals surface area contributed by atoms with Gasteiger partial charge in [-0.2, -0.15) is 0 Å². The van der Waals surface area contributed by atoms with E-state index in [-0.39, 0.29) is 17.6 Å². The first-order valence-electron chi connectivity index (χ1n) is 7.32. The molecule has 0 radical (unpaired) electrons. The van der Waals surface area contributed by atoms with Crippen molar-refractivity contribution in [2.75, 3.05) is 6.54 Å². The molecule has 1 aromatic carbocycles. The zero-order valence-corrected chi connectivity index (χ0v) is 13.1. The molecule has 0 saturated carbocycles. The highest BCUT2D eigenvalue weighted by Crippen LogP contribution is 2.23. The highest BCUT2D eigenvalue weighted by Gasteiger charge is 2.23. The van der Waals surface area contributed by atoms with Gasteiger partial charge in [-0.3, -0.25) is 9.78 Å². The molecule has 0 fully saturated rings. The van der Waals surface area contributed by atoms with Crippen molar-refractivity contribution in [2.24, 2.45) is 5.41 Å². The maximum atomic E-state index is 13.1. The van der Waals surface area contributed by atoms with E-state index in [1.807, 2.05) is 39.0 Å². The number of carbonyl (C=O) groups is 1. The summed E-state index contributed by atoms with van der Waals surface area (Å²) in [6, 6.07) is 12.0. The number of aromatic nitrogens is 1. The summed E-state index contributed by atoms with van der Waals surface area (Å²) < 4.78 is 13.1. The average Bonchev–Trinajstić information content (AvgIpc) is 2.49. The monoisotopic (exact) mass is 300 g/mol. The van der Waals surface area contributed by atoms with Crippen molar-refractivity contribution < 1.29 is 9.18 Å². The van der Waals surface area contributed by atoms with Gasteiger partial charge in [0.15, 0.2) is 0 Å². The third-order valence-electron chi connectivity index (χ3n) is 3.47. The first-order chi connectivity index (χ1) is 10.4. The Labute approximate surface area is 130 Å². The van der Waals surface area contributed by atoms with Gasteiger partial charge in [0.05, 0.1) is 0 Å². The lowest BCUT2D eigenvalue weighted by Crippen LogP contribution is -2.37. The molecule has 2 rings (SSSR count). The van der Waals surface area contributed by atoms with Crippen LogP contribution in [0.2, 0.25) is 0 Å². The van der Waals surface area contributed by atoms with Crippen molar-refractivity contribution in [1.82, 2.24) is 10.3 Å². The number of halogens is 1. The second kappa shape index (κ2) is 6.69. The van der Waals surface area contributed by atoms with Crippen LogP contribution in [0, 0.1) is 11.2 Å². The largest absolute Gasteiger partial charge is 0.355 e. The van der Waals surface area contributed by atoms with E-state index < -0.39 is 5.41 Å². The lowest BCUT2D eigenvalue weighted by molar-refractivity contribution is -0.128. The number of hydrogen-bond donors (Lipinski definition) is 1. The molecule has 1 atom stereocenters. The summed E-state index contributed by atoms with van der Waals surface area (Å²) in [6.45, 7) is 6.04. The van der Waals surface area contributed by atoms with Crippen molar-refractivity contribution in [3.05, 3.63) is 65.7 Å². The van der Waals surface area contributed by atoms with Crippen LogP contribution >= 0.6 is 0 Å². The number of pyridine rings is 1. The van der Waals surface area contributed by atoms with E-state index in [4.69, 9.17) is 0 Å². The van der Waals surface area contributed by atoms with E-state index in [0.29, 0.717) is 6.54 Å². The van der Waals surface area contributed by atoms with Crippen molar-refractivity contribution in [1.29, 1.82) is 0 Å². The Kier molecular flexibility index (Phi) is 4.91. The van der Waals surface area contributed by atoms with Crippen molar-refractivity contribution >= 4 is 5.91 Å². The summed E-state index contributed by atoms with van der Waals surface area (Å²) in [5, 5.41) is 2.96. The Bertz CT molecular complexity index is 618. The SMILES string of the molecule is CC(C)(C)C(=O)NCC(c1ccc(F)cc1)c1ccccn1. The minimum absolute atomic E-state index is 0.0180. The number of hydrogen-bond acceptors (Lipinski definition) is 2. The van der Waals surface area contributed by atoms with Gasteiger partial charge >= 0.3 is 0 Å². The Balaban J connectivity index is 2.23. The Morgan fingerprint density at radius 3 is 2.41 bits per heavy atom. The molecule has 22 heavy (non-hydrogen) atoms. The molecule has 1 amide bonds. The molecule has 2 aromatic rings. The number of rotatable bonds is 4. The Morgan fingerprint density at radius 1 is 1.18 bits per heavy atom. The molecule has 0 spiro atoms. The molecule has 0 aliphatic carbocycles. The van der Waals surface area contributed by atoms with Gasteiger partial charge in [-0.05, 0) is 29.8 Å². The van der Waals surface area contributed by atoms with Crippen LogP contribution < -0.4 is 5.32 Å². The maximum Gasteiger partial charge on any atom is 0.225 e. The fourth-order valence-electron chi connectivity index (χ4n) is 2.13. The summed E-state index contributed by atoms with van der Waals surface area (Å²) in [6.07, 6.45) is 1.72. The molecular formula is C18H21FN2O. The van der Waals surface area contributed by atoms with E-state index in [1.165, 1.54) is 12.1 Å².